The van der Waals surface area contributed by atoms with Crippen molar-refractivity contribution >= 4 is 5.91 Å². The van der Waals surface area contributed by atoms with Crippen LogP contribution in [-0.4, -0.2) is 29.4 Å². The topological polar surface area (TPSA) is 46.3 Å². The molecule has 2 atom stereocenters. The van der Waals surface area contributed by atoms with Crippen LogP contribution in [-0.2, 0) is 4.79 Å². The number of likely N-dealkylation sites (tertiary alicyclic amines) is 1. The third-order valence-electron chi connectivity index (χ3n) is 3.72. The molecule has 0 radical (unpaired) electrons. The van der Waals surface area contributed by atoms with E-state index in [4.69, 9.17) is 5.73 Å². The Morgan fingerprint density at radius 2 is 2.12 bits per heavy atom. The number of amides is 1. The Morgan fingerprint density at radius 1 is 1.35 bits per heavy atom. The second-order valence-corrected chi connectivity index (χ2v) is 5.22. The van der Waals surface area contributed by atoms with Crippen molar-refractivity contribution in [2.45, 2.75) is 77.3 Å². The molecule has 0 spiro atoms. The smallest absolute Gasteiger partial charge is 0.239 e. The van der Waals surface area contributed by atoms with E-state index >= 15 is 0 Å². The molecule has 1 heterocycles. The number of hydrogen-bond acceptors (Lipinski definition) is 2. The van der Waals surface area contributed by atoms with Crippen LogP contribution in [0.15, 0.2) is 0 Å². The minimum absolute atomic E-state index is 0.191. The van der Waals surface area contributed by atoms with Crippen molar-refractivity contribution < 1.29 is 4.79 Å². The van der Waals surface area contributed by atoms with Crippen LogP contribution >= 0.6 is 0 Å². The van der Waals surface area contributed by atoms with Crippen molar-refractivity contribution in [3.63, 3.8) is 0 Å². The minimum atomic E-state index is -0.271. The highest BCUT2D eigenvalue weighted by Crippen LogP contribution is 2.22. The van der Waals surface area contributed by atoms with Gasteiger partial charge >= 0.3 is 0 Å². The van der Waals surface area contributed by atoms with Crippen LogP contribution in [0, 0.1) is 0 Å². The molecule has 1 rings (SSSR count). The zero-order valence-corrected chi connectivity index (χ0v) is 11.5. The van der Waals surface area contributed by atoms with Gasteiger partial charge in [-0.05, 0) is 32.1 Å². The number of nitrogens with zero attached hydrogens (tertiary/aromatic N) is 1. The molecule has 1 amide bonds. The molecular weight excluding hydrogens is 212 g/mol. The molecule has 1 unspecified atom stereocenters. The van der Waals surface area contributed by atoms with E-state index in [1.807, 2.05) is 0 Å². The van der Waals surface area contributed by atoms with Gasteiger partial charge in [0, 0.05) is 12.6 Å². The van der Waals surface area contributed by atoms with Crippen LogP contribution < -0.4 is 5.73 Å². The Morgan fingerprint density at radius 3 is 2.76 bits per heavy atom. The van der Waals surface area contributed by atoms with Crippen molar-refractivity contribution in [2.75, 3.05) is 6.54 Å². The fourth-order valence-corrected chi connectivity index (χ4v) is 2.68. The van der Waals surface area contributed by atoms with Crippen molar-refractivity contribution in [1.82, 2.24) is 4.90 Å². The maximum absolute atomic E-state index is 12.3. The molecule has 3 nitrogen and oxygen atoms in total. The standard InChI is InChI=1S/C14H28N2O/c1-3-5-10-13(15)14(17)16-11-7-6-9-12(16)8-4-2/h12-13H,3-11,15H2,1-2H3/t12?,13-/m0/s1. The van der Waals surface area contributed by atoms with Crippen LogP contribution in [0.25, 0.3) is 0 Å². The van der Waals surface area contributed by atoms with Gasteiger partial charge in [-0.25, -0.2) is 0 Å². The summed E-state index contributed by atoms with van der Waals surface area (Å²) in [6.45, 7) is 5.25. The largest absolute Gasteiger partial charge is 0.338 e. The van der Waals surface area contributed by atoms with E-state index in [2.05, 4.69) is 18.7 Å². The first-order valence-electron chi connectivity index (χ1n) is 7.26. The van der Waals surface area contributed by atoms with Crippen LogP contribution in [0.5, 0.6) is 0 Å². The van der Waals surface area contributed by atoms with Crippen molar-refractivity contribution in [2.24, 2.45) is 5.73 Å². The highest BCUT2D eigenvalue weighted by atomic mass is 16.2. The monoisotopic (exact) mass is 240 g/mol. The molecule has 0 aromatic heterocycles. The molecule has 1 saturated heterocycles. The molecule has 0 bridgehead atoms. The van der Waals surface area contributed by atoms with Crippen LogP contribution in [0.4, 0.5) is 0 Å². The number of nitrogens with two attached hydrogens (primary N) is 1. The average Bonchev–Trinajstić information content (AvgIpc) is 2.36. The molecule has 1 aliphatic heterocycles. The van der Waals surface area contributed by atoms with Crippen molar-refractivity contribution in [3.8, 4) is 0 Å². The summed E-state index contributed by atoms with van der Waals surface area (Å²) in [6, 6.07) is 0.182. The van der Waals surface area contributed by atoms with Gasteiger partial charge < -0.3 is 10.6 Å². The molecule has 0 saturated carbocycles. The molecule has 1 aliphatic rings. The summed E-state index contributed by atoms with van der Waals surface area (Å²) < 4.78 is 0. The van der Waals surface area contributed by atoms with E-state index in [9.17, 15) is 4.79 Å². The van der Waals surface area contributed by atoms with Gasteiger partial charge in [0.15, 0.2) is 0 Å². The summed E-state index contributed by atoms with van der Waals surface area (Å²) >= 11 is 0. The van der Waals surface area contributed by atoms with Gasteiger partial charge in [0.1, 0.15) is 0 Å². The Bertz CT molecular complexity index is 228. The predicted molar refractivity (Wildman–Crippen MR) is 71.8 cm³/mol. The first-order chi connectivity index (χ1) is 8.20. The maximum atomic E-state index is 12.3. The first-order valence-corrected chi connectivity index (χ1v) is 7.26. The van der Waals surface area contributed by atoms with Gasteiger partial charge in [0.2, 0.25) is 5.91 Å². The van der Waals surface area contributed by atoms with Crippen molar-refractivity contribution in [3.05, 3.63) is 0 Å². The van der Waals surface area contributed by atoms with E-state index in [0.29, 0.717) is 6.04 Å². The van der Waals surface area contributed by atoms with Crippen LogP contribution in [0.1, 0.15) is 65.2 Å². The molecule has 0 aromatic rings. The molecule has 0 aromatic carbocycles. The summed E-state index contributed by atoms with van der Waals surface area (Å²) in [5.74, 6) is 0.191. The third kappa shape index (κ3) is 4.30. The molecular formula is C14H28N2O. The Balaban J connectivity index is 2.51. The van der Waals surface area contributed by atoms with Gasteiger partial charge in [-0.15, -0.1) is 0 Å². The van der Waals surface area contributed by atoms with Gasteiger partial charge in [-0.2, -0.15) is 0 Å². The van der Waals surface area contributed by atoms with Gasteiger partial charge in [-0.3, -0.25) is 4.79 Å². The Kier molecular flexibility index (Phi) is 6.56. The lowest BCUT2D eigenvalue weighted by Gasteiger charge is -2.37. The van der Waals surface area contributed by atoms with Gasteiger partial charge in [-0.1, -0.05) is 33.1 Å². The molecule has 17 heavy (non-hydrogen) atoms. The van der Waals surface area contributed by atoms with E-state index in [0.717, 1.165) is 45.1 Å². The molecule has 2 N–H and O–H groups in total. The van der Waals surface area contributed by atoms with E-state index < -0.39 is 0 Å². The molecule has 1 fully saturated rings. The molecule has 3 heteroatoms. The lowest BCUT2D eigenvalue weighted by Crippen LogP contribution is -2.50. The first kappa shape index (κ1) is 14.5. The summed E-state index contributed by atoms with van der Waals surface area (Å²) in [5.41, 5.74) is 6.00. The lowest BCUT2D eigenvalue weighted by molar-refractivity contribution is -0.136. The number of carbonyl (C=O) groups excluding carboxylic acids is 1. The Hall–Kier alpha value is -0.570. The van der Waals surface area contributed by atoms with E-state index in [-0.39, 0.29) is 11.9 Å². The zero-order chi connectivity index (χ0) is 12.7. The quantitative estimate of drug-likeness (QED) is 0.776. The number of piperidine rings is 1. The maximum Gasteiger partial charge on any atom is 0.239 e. The second-order valence-electron chi connectivity index (χ2n) is 5.22. The lowest BCUT2D eigenvalue weighted by atomic mass is 9.96. The van der Waals surface area contributed by atoms with E-state index in [1.165, 1.54) is 12.8 Å². The minimum Gasteiger partial charge on any atom is -0.338 e. The predicted octanol–water partition coefficient (Wildman–Crippen LogP) is 2.69. The van der Waals surface area contributed by atoms with Gasteiger partial charge in [0.25, 0.3) is 0 Å². The van der Waals surface area contributed by atoms with E-state index in [1.54, 1.807) is 0 Å². The summed E-state index contributed by atoms with van der Waals surface area (Å²) in [4.78, 5) is 14.4. The second kappa shape index (κ2) is 7.70. The number of carbonyl (C=O) groups is 1. The highest BCUT2D eigenvalue weighted by molar-refractivity contribution is 5.82. The van der Waals surface area contributed by atoms with Gasteiger partial charge in [0.05, 0.1) is 6.04 Å². The summed E-state index contributed by atoms with van der Waals surface area (Å²) in [5, 5.41) is 0. The Labute approximate surface area is 106 Å². The number of hydrogen-bond donors (Lipinski definition) is 1. The molecule has 100 valence electrons. The summed E-state index contributed by atoms with van der Waals surface area (Å²) in [6.07, 6.45) is 8.86. The fourth-order valence-electron chi connectivity index (χ4n) is 2.68. The number of unbranched alkanes of at least 4 members (excludes halogenated alkanes) is 1. The fraction of sp³-hybridized carbons (Fsp3) is 0.929. The SMILES string of the molecule is CCCC[C@H](N)C(=O)N1CCCCC1CCC. The molecule has 0 aliphatic carbocycles. The normalized spacial score (nSPS) is 22.5. The van der Waals surface area contributed by atoms with Crippen LogP contribution in [0.2, 0.25) is 0 Å². The highest BCUT2D eigenvalue weighted by Gasteiger charge is 2.28. The third-order valence-corrected chi connectivity index (χ3v) is 3.72. The van der Waals surface area contributed by atoms with Crippen LogP contribution in [0.3, 0.4) is 0 Å². The summed E-state index contributed by atoms with van der Waals surface area (Å²) in [7, 11) is 0. The average molecular weight is 240 g/mol. The zero-order valence-electron chi connectivity index (χ0n) is 11.5. The number of rotatable bonds is 6. The van der Waals surface area contributed by atoms with Crippen molar-refractivity contribution in [1.29, 1.82) is 0 Å².